The first-order chi connectivity index (χ1) is 8.61. The third kappa shape index (κ3) is 5.52. The van der Waals surface area contributed by atoms with Crippen molar-refractivity contribution in [2.24, 2.45) is 10.7 Å². The average Bonchev–Trinajstić information content (AvgIpc) is 2.35. The number of rotatable bonds is 6. The predicted octanol–water partition coefficient (Wildman–Crippen LogP) is 1.68. The molecule has 0 saturated heterocycles. The highest BCUT2D eigenvalue weighted by atomic mass is 16.5. The van der Waals surface area contributed by atoms with Crippen molar-refractivity contribution in [3.8, 4) is 5.88 Å². The molecule has 1 aromatic heterocycles. The number of nitrogens with two attached hydrogens (primary N) is 1. The molecule has 0 amide bonds. The minimum Gasteiger partial charge on any atom is -0.475 e. The summed E-state index contributed by atoms with van der Waals surface area (Å²) >= 11 is 0. The maximum atomic E-state index is 5.70. The largest absolute Gasteiger partial charge is 0.475 e. The lowest BCUT2D eigenvalue weighted by atomic mass is 10.3. The number of hydrogen-bond acceptors (Lipinski definition) is 3. The zero-order chi connectivity index (χ0) is 13.4. The van der Waals surface area contributed by atoms with Gasteiger partial charge in [0, 0.05) is 18.8 Å². The SMILES string of the molecule is CCCNC(N)=NCc1ccc(OC(C)C)nc1. The van der Waals surface area contributed by atoms with Gasteiger partial charge in [0.2, 0.25) is 5.88 Å². The van der Waals surface area contributed by atoms with Gasteiger partial charge in [0.1, 0.15) is 0 Å². The monoisotopic (exact) mass is 250 g/mol. The molecule has 18 heavy (non-hydrogen) atoms. The van der Waals surface area contributed by atoms with Crippen LogP contribution in [0, 0.1) is 0 Å². The summed E-state index contributed by atoms with van der Waals surface area (Å²) in [5.41, 5.74) is 6.70. The first kappa shape index (κ1) is 14.3. The molecule has 0 spiro atoms. The quantitative estimate of drug-likeness (QED) is 0.595. The lowest BCUT2D eigenvalue weighted by molar-refractivity contribution is 0.232. The third-order valence-corrected chi connectivity index (χ3v) is 2.14. The van der Waals surface area contributed by atoms with Gasteiger partial charge in [-0.3, -0.25) is 0 Å². The van der Waals surface area contributed by atoms with Crippen LogP contribution < -0.4 is 15.8 Å². The van der Waals surface area contributed by atoms with Crippen molar-refractivity contribution in [3.63, 3.8) is 0 Å². The van der Waals surface area contributed by atoms with Crippen LogP contribution >= 0.6 is 0 Å². The average molecular weight is 250 g/mol. The Labute approximate surface area is 108 Å². The molecule has 0 fully saturated rings. The molecular formula is C13H22N4O. The molecule has 0 radical (unpaired) electrons. The molecule has 5 nitrogen and oxygen atoms in total. The summed E-state index contributed by atoms with van der Waals surface area (Å²) in [6.07, 6.45) is 2.92. The third-order valence-electron chi connectivity index (χ3n) is 2.14. The Hall–Kier alpha value is -1.78. The minimum atomic E-state index is 0.134. The van der Waals surface area contributed by atoms with E-state index < -0.39 is 0 Å². The van der Waals surface area contributed by atoms with Gasteiger partial charge in [0.15, 0.2) is 5.96 Å². The molecule has 100 valence electrons. The van der Waals surface area contributed by atoms with Gasteiger partial charge in [-0.25, -0.2) is 9.98 Å². The minimum absolute atomic E-state index is 0.134. The Balaban J connectivity index is 2.48. The van der Waals surface area contributed by atoms with E-state index in [4.69, 9.17) is 10.5 Å². The Morgan fingerprint density at radius 2 is 2.28 bits per heavy atom. The van der Waals surface area contributed by atoms with Gasteiger partial charge in [-0.15, -0.1) is 0 Å². The van der Waals surface area contributed by atoms with Gasteiger partial charge in [-0.1, -0.05) is 13.0 Å². The topological polar surface area (TPSA) is 72.5 Å². The molecule has 0 aliphatic rings. The summed E-state index contributed by atoms with van der Waals surface area (Å²) in [6.45, 7) is 7.39. The summed E-state index contributed by atoms with van der Waals surface area (Å²) in [6, 6.07) is 3.79. The highest BCUT2D eigenvalue weighted by Gasteiger charge is 1.99. The molecule has 0 aromatic carbocycles. The van der Waals surface area contributed by atoms with E-state index in [0.717, 1.165) is 18.5 Å². The maximum Gasteiger partial charge on any atom is 0.213 e. The fourth-order valence-corrected chi connectivity index (χ4v) is 1.30. The number of nitrogens with zero attached hydrogens (tertiary/aromatic N) is 2. The van der Waals surface area contributed by atoms with Gasteiger partial charge < -0.3 is 15.8 Å². The van der Waals surface area contributed by atoms with Crippen LogP contribution in [0.2, 0.25) is 0 Å². The second-order valence-electron chi connectivity index (χ2n) is 4.30. The van der Waals surface area contributed by atoms with Crippen molar-refractivity contribution < 1.29 is 4.74 Å². The summed E-state index contributed by atoms with van der Waals surface area (Å²) in [5.74, 6) is 1.11. The van der Waals surface area contributed by atoms with Gasteiger partial charge in [-0.2, -0.15) is 0 Å². The van der Waals surface area contributed by atoms with E-state index in [9.17, 15) is 0 Å². The fraction of sp³-hybridized carbons (Fsp3) is 0.538. The number of hydrogen-bond donors (Lipinski definition) is 2. The Bertz CT molecular complexity index is 373. The summed E-state index contributed by atoms with van der Waals surface area (Å²) in [5, 5.41) is 3.02. The standard InChI is InChI=1S/C13H22N4O/c1-4-7-15-13(14)17-9-11-5-6-12(16-8-11)18-10(2)3/h5-6,8,10H,4,7,9H2,1-3H3,(H3,14,15,17). The smallest absolute Gasteiger partial charge is 0.213 e. The van der Waals surface area contributed by atoms with E-state index in [2.05, 4.69) is 22.2 Å². The van der Waals surface area contributed by atoms with E-state index in [-0.39, 0.29) is 6.10 Å². The molecule has 1 aromatic rings. The molecule has 1 rings (SSSR count). The molecule has 0 unspecified atom stereocenters. The van der Waals surface area contributed by atoms with E-state index >= 15 is 0 Å². The Kier molecular flexibility index (Phi) is 5.97. The van der Waals surface area contributed by atoms with E-state index in [0.29, 0.717) is 18.4 Å². The summed E-state index contributed by atoms with van der Waals surface area (Å²) in [4.78, 5) is 8.43. The number of guanidine groups is 1. The van der Waals surface area contributed by atoms with Gasteiger partial charge in [0.05, 0.1) is 12.6 Å². The number of aliphatic imine (C=N–C) groups is 1. The number of ether oxygens (including phenoxy) is 1. The van der Waals surface area contributed by atoms with E-state index in [1.165, 1.54) is 0 Å². The Morgan fingerprint density at radius 1 is 1.50 bits per heavy atom. The van der Waals surface area contributed by atoms with Gasteiger partial charge in [0.25, 0.3) is 0 Å². The van der Waals surface area contributed by atoms with Gasteiger partial charge in [-0.05, 0) is 25.8 Å². The summed E-state index contributed by atoms with van der Waals surface area (Å²) < 4.78 is 5.46. The first-order valence-corrected chi connectivity index (χ1v) is 6.27. The van der Waals surface area contributed by atoms with Crippen molar-refractivity contribution in [3.05, 3.63) is 23.9 Å². The van der Waals surface area contributed by atoms with Crippen LogP contribution in [0.15, 0.2) is 23.3 Å². The molecule has 3 N–H and O–H groups in total. The number of pyridine rings is 1. The Morgan fingerprint density at radius 3 is 2.83 bits per heavy atom. The molecule has 0 atom stereocenters. The van der Waals surface area contributed by atoms with Crippen molar-refractivity contribution in [1.29, 1.82) is 0 Å². The second-order valence-corrected chi connectivity index (χ2v) is 4.30. The molecule has 5 heteroatoms. The normalized spacial score (nSPS) is 11.7. The second kappa shape index (κ2) is 7.53. The van der Waals surface area contributed by atoms with Crippen molar-refractivity contribution >= 4 is 5.96 Å². The van der Waals surface area contributed by atoms with Crippen LogP contribution in [0.5, 0.6) is 5.88 Å². The molecule has 0 aliphatic carbocycles. The molecule has 1 heterocycles. The van der Waals surface area contributed by atoms with Crippen LogP contribution in [0.1, 0.15) is 32.8 Å². The van der Waals surface area contributed by atoms with Crippen molar-refractivity contribution in [1.82, 2.24) is 10.3 Å². The van der Waals surface area contributed by atoms with Crippen molar-refractivity contribution in [2.45, 2.75) is 39.8 Å². The van der Waals surface area contributed by atoms with Crippen LogP contribution in [0.4, 0.5) is 0 Å². The van der Waals surface area contributed by atoms with Crippen LogP contribution in [-0.4, -0.2) is 23.6 Å². The molecule has 0 saturated carbocycles. The zero-order valence-corrected chi connectivity index (χ0v) is 11.3. The number of aromatic nitrogens is 1. The molecule has 0 bridgehead atoms. The van der Waals surface area contributed by atoms with Crippen molar-refractivity contribution in [2.75, 3.05) is 6.54 Å². The highest BCUT2D eigenvalue weighted by Crippen LogP contribution is 2.09. The van der Waals surface area contributed by atoms with Gasteiger partial charge >= 0.3 is 0 Å². The van der Waals surface area contributed by atoms with Crippen LogP contribution in [-0.2, 0) is 6.54 Å². The highest BCUT2D eigenvalue weighted by molar-refractivity contribution is 5.77. The van der Waals surface area contributed by atoms with E-state index in [1.807, 2.05) is 26.0 Å². The van der Waals surface area contributed by atoms with E-state index in [1.54, 1.807) is 6.20 Å². The lowest BCUT2D eigenvalue weighted by Crippen LogP contribution is -2.32. The summed E-state index contributed by atoms with van der Waals surface area (Å²) in [7, 11) is 0. The fourth-order valence-electron chi connectivity index (χ4n) is 1.30. The molecule has 0 aliphatic heterocycles. The predicted molar refractivity (Wildman–Crippen MR) is 73.6 cm³/mol. The molecular weight excluding hydrogens is 228 g/mol. The number of nitrogens with one attached hydrogen (secondary N) is 1. The maximum absolute atomic E-state index is 5.70. The first-order valence-electron chi connectivity index (χ1n) is 6.27. The van der Waals surface area contributed by atoms with Crippen LogP contribution in [0.3, 0.4) is 0 Å². The zero-order valence-electron chi connectivity index (χ0n) is 11.3. The van der Waals surface area contributed by atoms with Crippen LogP contribution in [0.25, 0.3) is 0 Å². The lowest BCUT2D eigenvalue weighted by Gasteiger charge is -2.08.